The van der Waals surface area contributed by atoms with Crippen LogP contribution in [0.15, 0.2) is 23.6 Å². The number of hydrogen-bond acceptors (Lipinski definition) is 5. The molecule has 0 radical (unpaired) electrons. The Kier molecular flexibility index (Phi) is 3.59. The molecule has 1 fully saturated rings. The summed E-state index contributed by atoms with van der Waals surface area (Å²) < 4.78 is 0. The van der Waals surface area contributed by atoms with Crippen molar-refractivity contribution in [3.63, 3.8) is 0 Å². The van der Waals surface area contributed by atoms with Crippen LogP contribution in [-0.2, 0) is 5.54 Å². The molecule has 2 aliphatic rings. The average Bonchev–Trinajstić information content (AvgIpc) is 2.68. The van der Waals surface area contributed by atoms with E-state index in [4.69, 9.17) is 5.73 Å². The molecular weight excluding hydrogens is 250 g/mol. The van der Waals surface area contributed by atoms with Crippen LogP contribution in [-0.4, -0.2) is 33.4 Å². The van der Waals surface area contributed by atoms with Crippen LogP contribution in [0.2, 0.25) is 0 Å². The van der Waals surface area contributed by atoms with Gasteiger partial charge in [-0.25, -0.2) is 0 Å². The fourth-order valence-corrected chi connectivity index (χ4v) is 3.53. The number of aliphatic imine (C=N–C) groups is 1. The highest BCUT2D eigenvalue weighted by atomic mass is 15.4. The van der Waals surface area contributed by atoms with Gasteiger partial charge in [-0.1, -0.05) is 25.7 Å². The second-order valence-corrected chi connectivity index (χ2v) is 6.05. The number of rotatable bonds is 2. The molecule has 0 spiro atoms. The molecule has 1 aliphatic carbocycles. The lowest BCUT2D eigenvalue weighted by atomic mass is 9.93. The number of nitrogens with two attached hydrogens (primary N) is 1. The lowest BCUT2D eigenvalue weighted by molar-refractivity contribution is 0.147. The van der Waals surface area contributed by atoms with Gasteiger partial charge < -0.3 is 10.6 Å². The molecule has 3 rings (SSSR count). The van der Waals surface area contributed by atoms with Gasteiger partial charge in [-0.15, -0.1) is 0 Å². The molecule has 0 saturated heterocycles. The van der Waals surface area contributed by atoms with Crippen LogP contribution < -0.4 is 5.73 Å². The number of guanidine groups is 1. The normalized spacial score (nSPS) is 28.2. The number of aromatic nitrogens is 2. The number of hydrogen-bond donors (Lipinski definition) is 1. The molecule has 0 bridgehead atoms. The smallest absolute Gasteiger partial charge is 0.192 e. The summed E-state index contributed by atoms with van der Waals surface area (Å²) in [5.41, 5.74) is 6.92. The van der Waals surface area contributed by atoms with Gasteiger partial charge in [-0.3, -0.25) is 15.0 Å². The predicted octanol–water partition coefficient (Wildman–Crippen LogP) is 2.04. The third-order valence-electron chi connectivity index (χ3n) is 4.63. The van der Waals surface area contributed by atoms with Crippen molar-refractivity contribution in [2.75, 3.05) is 6.54 Å². The monoisotopic (exact) mass is 273 g/mol. The Morgan fingerprint density at radius 3 is 2.60 bits per heavy atom. The molecule has 0 amide bonds. The largest absolute Gasteiger partial charge is 0.370 e. The molecule has 108 valence electrons. The van der Waals surface area contributed by atoms with Gasteiger partial charge in [0.25, 0.3) is 0 Å². The molecule has 1 saturated carbocycles. The Balaban J connectivity index is 1.91. The summed E-state index contributed by atoms with van der Waals surface area (Å²) in [6.45, 7) is 2.86. The van der Waals surface area contributed by atoms with E-state index in [0.29, 0.717) is 18.5 Å². The summed E-state index contributed by atoms with van der Waals surface area (Å²) in [7, 11) is 0. The molecule has 1 aromatic rings. The standard InChI is InChI=1S/C15H23N5/c1-15(13-10-17-8-9-18-13)11-19-14(16)20(15)12-6-4-2-3-5-7-12/h8-10,12H,2-7,11H2,1H3,(H2,16,19). The van der Waals surface area contributed by atoms with E-state index in [1.165, 1.54) is 38.5 Å². The zero-order chi connectivity index (χ0) is 14.0. The van der Waals surface area contributed by atoms with Crippen LogP contribution in [0.4, 0.5) is 0 Å². The van der Waals surface area contributed by atoms with Crippen molar-refractivity contribution >= 4 is 5.96 Å². The molecule has 2 heterocycles. The maximum absolute atomic E-state index is 6.20. The lowest BCUT2D eigenvalue weighted by Gasteiger charge is -2.41. The van der Waals surface area contributed by atoms with Gasteiger partial charge in [0, 0.05) is 18.4 Å². The van der Waals surface area contributed by atoms with Crippen LogP contribution >= 0.6 is 0 Å². The topological polar surface area (TPSA) is 67.4 Å². The van der Waals surface area contributed by atoms with Gasteiger partial charge in [0.1, 0.15) is 5.54 Å². The second-order valence-electron chi connectivity index (χ2n) is 6.05. The maximum atomic E-state index is 6.20. The predicted molar refractivity (Wildman–Crippen MR) is 79.2 cm³/mol. The van der Waals surface area contributed by atoms with Gasteiger partial charge in [-0.2, -0.15) is 0 Å². The molecule has 2 N–H and O–H groups in total. The zero-order valence-corrected chi connectivity index (χ0v) is 12.1. The molecule has 1 atom stereocenters. The molecule has 5 heteroatoms. The van der Waals surface area contributed by atoms with Crippen LogP contribution in [0, 0.1) is 0 Å². The minimum atomic E-state index is -0.243. The molecule has 20 heavy (non-hydrogen) atoms. The first-order chi connectivity index (χ1) is 9.72. The van der Waals surface area contributed by atoms with Crippen molar-refractivity contribution < 1.29 is 0 Å². The quantitative estimate of drug-likeness (QED) is 0.837. The van der Waals surface area contributed by atoms with E-state index in [1.807, 2.05) is 6.20 Å². The highest BCUT2D eigenvalue weighted by Crippen LogP contribution is 2.36. The van der Waals surface area contributed by atoms with Crippen molar-refractivity contribution in [1.82, 2.24) is 14.9 Å². The van der Waals surface area contributed by atoms with Crippen LogP contribution in [0.3, 0.4) is 0 Å². The van der Waals surface area contributed by atoms with Crippen molar-refractivity contribution in [2.24, 2.45) is 10.7 Å². The zero-order valence-electron chi connectivity index (χ0n) is 12.1. The third-order valence-corrected chi connectivity index (χ3v) is 4.63. The summed E-state index contributed by atoms with van der Waals surface area (Å²) in [6, 6.07) is 0.482. The van der Waals surface area contributed by atoms with E-state index in [-0.39, 0.29) is 5.54 Å². The maximum Gasteiger partial charge on any atom is 0.192 e. The Hall–Kier alpha value is -1.65. The fourth-order valence-electron chi connectivity index (χ4n) is 3.53. The first-order valence-electron chi connectivity index (χ1n) is 7.57. The van der Waals surface area contributed by atoms with Gasteiger partial charge in [0.15, 0.2) is 5.96 Å². The molecule has 0 aromatic carbocycles. The SMILES string of the molecule is CC1(c2cnccn2)CN=C(N)N1C1CCCCCC1. The average molecular weight is 273 g/mol. The van der Waals surface area contributed by atoms with Crippen LogP contribution in [0.25, 0.3) is 0 Å². The van der Waals surface area contributed by atoms with Crippen LogP contribution in [0.5, 0.6) is 0 Å². The second kappa shape index (κ2) is 5.38. The first-order valence-corrected chi connectivity index (χ1v) is 7.57. The Morgan fingerprint density at radius 2 is 1.95 bits per heavy atom. The van der Waals surface area contributed by atoms with Crippen molar-refractivity contribution in [3.8, 4) is 0 Å². The Labute approximate surface area is 120 Å². The van der Waals surface area contributed by atoms with Crippen molar-refractivity contribution in [3.05, 3.63) is 24.3 Å². The van der Waals surface area contributed by atoms with E-state index >= 15 is 0 Å². The van der Waals surface area contributed by atoms with Crippen LogP contribution in [0.1, 0.15) is 51.1 Å². The Bertz CT molecular complexity index is 478. The molecular formula is C15H23N5. The summed E-state index contributed by atoms with van der Waals surface area (Å²) >= 11 is 0. The van der Waals surface area contributed by atoms with Gasteiger partial charge >= 0.3 is 0 Å². The number of nitrogens with zero attached hydrogens (tertiary/aromatic N) is 4. The van der Waals surface area contributed by atoms with E-state index in [9.17, 15) is 0 Å². The minimum absolute atomic E-state index is 0.243. The molecule has 1 aromatic heterocycles. The Morgan fingerprint density at radius 1 is 1.20 bits per heavy atom. The van der Waals surface area contributed by atoms with E-state index in [0.717, 1.165) is 5.69 Å². The highest BCUT2D eigenvalue weighted by molar-refractivity contribution is 5.81. The van der Waals surface area contributed by atoms with E-state index in [2.05, 4.69) is 26.8 Å². The van der Waals surface area contributed by atoms with E-state index in [1.54, 1.807) is 12.4 Å². The van der Waals surface area contributed by atoms with Crippen molar-refractivity contribution in [1.29, 1.82) is 0 Å². The summed E-state index contributed by atoms with van der Waals surface area (Å²) in [5, 5.41) is 0. The highest BCUT2D eigenvalue weighted by Gasteiger charge is 2.44. The lowest BCUT2D eigenvalue weighted by Crippen LogP contribution is -2.53. The minimum Gasteiger partial charge on any atom is -0.370 e. The van der Waals surface area contributed by atoms with E-state index < -0.39 is 0 Å². The van der Waals surface area contributed by atoms with Gasteiger partial charge in [0.2, 0.25) is 0 Å². The molecule has 1 aliphatic heterocycles. The summed E-state index contributed by atoms with van der Waals surface area (Å²) in [6.07, 6.45) is 12.9. The summed E-state index contributed by atoms with van der Waals surface area (Å²) in [4.78, 5) is 15.5. The molecule has 5 nitrogen and oxygen atoms in total. The summed E-state index contributed by atoms with van der Waals surface area (Å²) in [5.74, 6) is 0.671. The first kappa shape index (κ1) is 13.3. The van der Waals surface area contributed by atoms with Gasteiger partial charge in [0.05, 0.1) is 18.4 Å². The molecule has 1 unspecified atom stereocenters. The fraction of sp³-hybridized carbons (Fsp3) is 0.667. The third kappa shape index (κ3) is 2.25. The van der Waals surface area contributed by atoms with Crippen molar-refractivity contribution in [2.45, 2.75) is 57.0 Å². The van der Waals surface area contributed by atoms with Gasteiger partial charge in [-0.05, 0) is 19.8 Å².